The summed E-state index contributed by atoms with van der Waals surface area (Å²) in [4.78, 5) is 13.8. The minimum Gasteiger partial charge on any atom is -0.398 e. The van der Waals surface area contributed by atoms with Gasteiger partial charge in [-0.25, -0.2) is 0 Å². The van der Waals surface area contributed by atoms with E-state index >= 15 is 0 Å². The number of hydrogen-bond acceptors (Lipinski definition) is 3. The highest BCUT2D eigenvalue weighted by Crippen LogP contribution is 2.35. The molecule has 1 heterocycles. The summed E-state index contributed by atoms with van der Waals surface area (Å²) in [5.41, 5.74) is 3.83. The highest BCUT2D eigenvalue weighted by atomic mass is 19.4. The average Bonchev–Trinajstić information content (AvgIpc) is 2.78. The van der Waals surface area contributed by atoms with Crippen LogP contribution in [0.3, 0.4) is 0 Å². The molecule has 1 aromatic rings. The van der Waals surface area contributed by atoms with Crippen LogP contribution < -0.4 is 5.73 Å². The molecule has 1 saturated heterocycles. The maximum Gasteiger partial charge on any atom is 0.418 e. The number of benzene rings is 1. The second kappa shape index (κ2) is 5.55. The van der Waals surface area contributed by atoms with E-state index < -0.39 is 23.3 Å². The van der Waals surface area contributed by atoms with Crippen LogP contribution in [0.15, 0.2) is 18.2 Å². The molecule has 2 rings (SSSR count). The molecule has 21 heavy (non-hydrogen) atoms. The van der Waals surface area contributed by atoms with E-state index in [2.05, 4.69) is 0 Å². The van der Waals surface area contributed by atoms with Crippen LogP contribution in [0, 0.1) is 5.92 Å². The Bertz CT molecular complexity index is 546. The van der Waals surface area contributed by atoms with Crippen molar-refractivity contribution in [1.29, 1.82) is 0 Å². The van der Waals surface area contributed by atoms with Crippen molar-refractivity contribution in [1.82, 2.24) is 4.90 Å². The van der Waals surface area contributed by atoms with E-state index in [1.54, 1.807) is 0 Å². The first-order valence-corrected chi connectivity index (χ1v) is 6.64. The molecule has 0 radical (unpaired) electrons. The quantitative estimate of drug-likeness (QED) is 0.823. The van der Waals surface area contributed by atoms with Crippen molar-refractivity contribution in [3.05, 3.63) is 29.3 Å². The number of hydrogen-bond donors (Lipinski definition) is 2. The SMILES string of the molecule is CC1CCN(C(=O)c2ccc(N)c(C(F)(F)F)c2)C1CO. The van der Waals surface area contributed by atoms with E-state index in [9.17, 15) is 23.1 Å². The van der Waals surface area contributed by atoms with Crippen LogP contribution in [-0.4, -0.2) is 35.1 Å². The monoisotopic (exact) mass is 302 g/mol. The second-order valence-corrected chi connectivity index (χ2v) is 5.31. The minimum atomic E-state index is -4.60. The number of amides is 1. The number of halogens is 3. The fourth-order valence-electron chi connectivity index (χ4n) is 2.64. The van der Waals surface area contributed by atoms with E-state index in [-0.39, 0.29) is 24.1 Å². The topological polar surface area (TPSA) is 66.6 Å². The molecule has 1 fully saturated rings. The number of alkyl halides is 3. The zero-order valence-electron chi connectivity index (χ0n) is 11.5. The van der Waals surface area contributed by atoms with Gasteiger partial charge < -0.3 is 15.7 Å². The molecule has 0 saturated carbocycles. The molecule has 0 bridgehead atoms. The molecule has 0 aromatic heterocycles. The van der Waals surface area contributed by atoms with Gasteiger partial charge in [-0.3, -0.25) is 4.79 Å². The summed E-state index contributed by atoms with van der Waals surface area (Å²) < 4.78 is 38.5. The number of carbonyl (C=O) groups is 1. The van der Waals surface area contributed by atoms with E-state index in [1.165, 1.54) is 11.0 Å². The number of aliphatic hydroxyl groups excluding tert-OH is 1. The van der Waals surface area contributed by atoms with E-state index in [1.807, 2.05) is 6.92 Å². The van der Waals surface area contributed by atoms with Gasteiger partial charge in [0.2, 0.25) is 0 Å². The fraction of sp³-hybridized carbons (Fsp3) is 0.500. The third-order valence-corrected chi connectivity index (χ3v) is 3.94. The zero-order chi connectivity index (χ0) is 15.8. The molecule has 0 spiro atoms. The lowest BCUT2D eigenvalue weighted by Gasteiger charge is -2.25. The molecule has 1 amide bonds. The summed E-state index contributed by atoms with van der Waals surface area (Å²) in [5.74, 6) is -0.390. The normalized spacial score (nSPS) is 22.6. The molecular weight excluding hydrogens is 285 g/mol. The highest BCUT2D eigenvalue weighted by Gasteiger charge is 2.37. The van der Waals surface area contributed by atoms with Crippen LogP contribution in [0.2, 0.25) is 0 Å². The Morgan fingerprint density at radius 3 is 2.71 bits per heavy atom. The Morgan fingerprint density at radius 1 is 1.48 bits per heavy atom. The van der Waals surface area contributed by atoms with Gasteiger partial charge in [0.25, 0.3) is 5.91 Å². The van der Waals surface area contributed by atoms with E-state index in [0.717, 1.165) is 18.6 Å². The van der Waals surface area contributed by atoms with Crippen LogP contribution in [0.25, 0.3) is 0 Å². The molecule has 3 N–H and O–H groups in total. The maximum absolute atomic E-state index is 12.8. The Kier molecular flexibility index (Phi) is 4.13. The number of aliphatic hydroxyl groups is 1. The molecule has 2 unspecified atom stereocenters. The summed E-state index contributed by atoms with van der Waals surface area (Å²) in [5, 5.41) is 9.34. The van der Waals surface area contributed by atoms with Gasteiger partial charge in [-0.1, -0.05) is 6.92 Å². The van der Waals surface area contributed by atoms with Gasteiger partial charge in [0.15, 0.2) is 0 Å². The smallest absolute Gasteiger partial charge is 0.398 e. The molecule has 116 valence electrons. The first-order valence-electron chi connectivity index (χ1n) is 6.64. The fourth-order valence-corrected chi connectivity index (χ4v) is 2.64. The van der Waals surface area contributed by atoms with Crippen molar-refractivity contribution < 1.29 is 23.1 Å². The number of rotatable bonds is 2. The Morgan fingerprint density at radius 2 is 2.14 bits per heavy atom. The predicted octanol–water partition coefficient (Wildman–Crippen LogP) is 2.13. The second-order valence-electron chi connectivity index (χ2n) is 5.31. The van der Waals surface area contributed by atoms with Crippen LogP contribution >= 0.6 is 0 Å². The van der Waals surface area contributed by atoms with Gasteiger partial charge in [0.05, 0.1) is 18.2 Å². The third kappa shape index (κ3) is 2.97. The number of carbonyl (C=O) groups excluding carboxylic acids is 1. The number of anilines is 1. The predicted molar refractivity (Wildman–Crippen MR) is 71.5 cm³/mol. The van der Waals surface area contributed by atoms with Gasteiger partial charge in [0.1, 0.15) is 0 Å². The Labute approximate surface area is 120 Å². The first-order chi connectivity index (χ1) is 9.75. The van der Waals surface area contributed by atoms with Crippen LogP contribution in [-0.2, 0) is 6.18 Å². The average molecular weight is 302 g/mol. The van der Waals surface area contributed by atoms with Crippen molar-refractivity contribution in [2.45, 2.75) is 25.6 Å². The van der Waals surface area contributed by atoms with Crippen molar-refractivity contribution in [3.8, 4) is 0 Å². The summed E-state index contributed by atoms with van der Waals surface area (Å²) in [6.45, 7) is 2.13. The summed E-state index contributed by atoms with van der Waals surface area (Å²) in [6.07, 6.45) is -3.88. The van der Waals surface area contributed by atoms with Crippen LogP contribution in [0.1, 0.15) is 29.3 Å². The highest BCUT2D eigenvalue weighted by molar-refractivity contribution is 5.95. The number of likely N-dealkylation sites (tertiary alicyclic amines) is 1. The van der Waals surface area contributed by atoms with Gasteiger partial charge in [-0.2, -0.15) is 13.2 Å². The van der Waals surface area contributed by atoms with Gasteiger partial charge in [0, 0.05) is 17.8 Å². The summed E-state index contributed by atoms with van der Waals surface area (Å²) >= 11 is 0. The number of nitrogens with zero attached hydrogens (tertiary/aromatic N) is 1. The van der Waals surface area contributed by atoms with Crippen LogP contribution in [0.5, 0.6) is 0 Å². The maximum atomic E-state index is 12.8. The molecule has 0 aliphatic carbocycles. The number of nitrogen functional groups attached to an aromatic ring is 1. The summed E-state index contributed by atoms with van der Waals surface area (Å²) in [6, 6.07) is 2.78. The van der Waals surface area contributed by atoms with Crippen molar-refractivity contribution in [2.75, 3.05) is 18.9 Å². The van der Waals surface area contributed by atoms with Gasteiger partial charge >= 0.3 is 6.18 Å². The molecular formula is C14H17F3N2O2. The Hall–Kier alpha value is -1.76. The molecule has 1 aromatic carbocycles. The van der Waals surface area contributed by atoms with E-state index in [0.29, 0.717) is 6.54 Å². The Balaban J connectivity index is 2.32. The molecule has 2 atom stereocenters. The van der Waals surface area contributed by atoms with Crippen molar-refractivity contribution >= 4 is 11.6 Å². The molecule has 4 nitrogen and oxygen atoms in total. The molecule has 1 aliphatic rings. The lowest BCUT2D eigenvalue weighted by Crippen LogP contribution is -2.39. The van der Waals surface area contributed by atoms with E-state index in [4.69, 9.17) is 5.73 Å². The van der Waals surface area contributed by atoms with Crippen molar-refractivity contribution in [2.24, 2.45) is 5.92 Å². The third-order valence-electron chi connectivity index (χ3n) is 3.94. The number of nitrogens with two attached hydrogens (primary N) is 1. The standard InChI is InChI=1S/C14H17F3N2O2/c1-8-4-5-19(12(8)7-20)13(21)9-2-3-11(18)10(6-9)14(15,16)17/h2-3,6,8,12,20H,4-5,7,18H2,1H3. The van der Waals surface area contributed by atoms with Gasteiger partial charge in [-0.05, 0) is 30.5 Å². The van der Waals surface area contributed by atoms with Gasteiger partial charge in [-0.15, -0.1) is 0 Å². The van der Waals surface area contributed by atoms with Crippen molar-refractivity contribution in [3.63, 3.8) is 0 Å². The minimum absolute atomic E-state index is 0.0657. The van der Waals surface area contributed by atoms with Crippen LogP contribution in [0.4, 0.5) is 18.9 Å². The largest absolute Gasteiger partial charge is 0.418 e. The molecule has 7 heteroatoms. The zero-order valence-corrected chi connectivity index (χ0v) is 11.5. The lowest BCUT2D eigenvalue weighted by atomic mass is 10.0. The first kappa shape index (κ1) is 15.6. The summed E-state index contributed by atoms with van der Waals surface area (Å²) in [7, 11) is 0. The lowest BCUT2D eigenvalue weighted by molar-refractivity contribution is -0.136. The molecule has 1 aliphatic heterocycles.